The van der Waals surface area contributed by atoms with Crippen LogP contribution in [0.1, 0.15) is 19.8 Å². The number of amides is 2. The first kappa shape index (κ1) is 15.9. The molecule has 1 atom stereocenters. The molecule has 1 fully saturated rings. The second-order valence-electron chi connectivity index (χ2n) is 5.34. The summed E-state index contributed by atoms with van der Waals surface area (Å²) in [6.45, 7) is 4.17. The van der Waals surface area contributed by atoms with Gasteiger partial charge in [-0.05, 0) is 19.8 Å². The smallest absolute Gasteiger partial charge is 0.236 e. The Bertz CT molecular complexity index is 312. The van der Waals surface area contributed by atoms with E-state index in [0.29, 0.717) is 12.6 Å². The Morgan fingerprint density at radius 1 is 1.32 bits per heavy atom. The number of rotatable bonds is 5. The van der Waals surface area contributed by atoms with Crippen LogP contribution in [0.25, 0.3) is 0 Å². The number of hydrogen-bond donors (Lipinski definition) is 2. The molecule has 0 saturated carbocycles. The zero-order valence-corrected chi connectivity index (χ0v) is 12.4. The maximum Gasteiger partial charge on any atom is 0.236 e. The minimum absolute atomic E-state index is 0.0187. The Balaban J connectivity index is 2.29. The lowest BCUT2D eigenvalue weighted by Crippen LogP contribution is -2.51. The van der Waals surface area contributed by atoms with Crippen LogP contribution in [0.15, 0.2) is 0 Å². The molecular weight excluding hydrogens is 244 g/mol. The Hall–Kier alpha value is -1.14. The Kier molecular flexibility index (Phi) is 6.24. The molecule has 0 bridgehead atoms. The molecule has 2 N–H and O–H groups in total. The van der Waals surface area contributed by atoms with Gasteiger partial charge in [-0.15, -0.1) is 0 Å². The van der Waals surface area contributed by atoms with Gasteiger partial charge in [0.1, 0.15) is 0 Å². The highest BCUT2D eigenvalue weighted by molar-refractivity contribution is 5.81. The Morgan fingerprint density at radius 2 is 1.89 bits per heavy atom. The summed E-state index contributed by atoms with van der Waals surface area (Å²) in [4.78, 5) is 26.8. The van der Waals surface area contributed by atoms with Crippen LogP contribution in [0.4, 0.5) is 0 Å². The fourth-order valence-corrected chi connectivity index (χ4v) is 2.24. The van der Waals surface area contributed by atoms with Crippen LogP contribution in [-0.2, 0) is 9.59 Å². The van der Waals surface area contributed by atoms with Crippen molar-refractivity contribution in [2.45, 2.75) is 31.8 Å². The van der Waals surface area contributed by atoms with Gasteiger partial charge in [-0.2, -0.15) is 0 Å². The molecule has 6 heteroatoms. The van der Waals surface area contributed by atoms with Crippen molar-refractivity contribution in [2.24, 2.45) is 0 Å². The summed E-state index contributed by atoms with van der Waals surface area (Å²) in [5, 5.41) is 5.97. The molecule has 19 heavy (non-hydrogen) atoms. The first-order chi connectivity index (χ1) is 8.93. The third kappa shape index (κ3) is 5.16. The highest BCUT2D eigenvalue weighted by Crippen LogP contribution is 2.11. The molecule has 0 spiro atoms. The van der Waals surface area contributed by atoms with Crippen LogP contribution >= 0.6 is 0 Å². The summed E-state index contributed by atoms with van der Waals surface area (Å²) >= 11 is 0. The second-order valence-corrected chi connectivity index (χ2v) is 5.34. The molecule has 0 aromatic carbocycles. The summed E-state index contributed by atoms with van der Waals surface area (Å²) in [5.74, 6) is 0.162. The summed E-state index contributed by atoms with van der Waals surface area (Å²) in [6, 6.07) is 0.197. The molecule has 1 aliphatic rings. The van der Waals surface area contributed by atoms with Gasteiger partial charge in [0.25, 0.3) is 0 Å². The van der Waals surface area contributed by atoms with Crippen LogP contribution in [0.3, 0.4) is 0 Å². The van der Waals surface area contributed by atoms with Crippen molar-refractivity contribution in [3.05, 3.63) is 0 Å². The van der Waals surface area contributed by atoms with Gasteiger partial charge in [-0.25, -0.2) is 0 Å². The molecule has 6 nitrogen and oxygen atoms in total. The first-order valence-electron chi connectivity index (χ1n) is 6.84. The summed E-state index contributed by atoms with van der Waals surface area (Å²) in [7, 11) is 5.21. The van der Waals surface area contributed by atoms with Crippen molar-refractivity contribution in [1.29, 1.82) is 0 Å². The zero-order chi connectivity index (χ0) is 14.4. The van der Waals surface area contributed by atoms with E-state index < -0.39 is 0 Å². The van der Waals surface area contributed by atoms with Crippen LogP contribution in [-0.4, -0.2) is 74.5 Å². The molecule has 1 heterocycles. The highest BCUT2D eigenvalue weighted by Gasteiger charge is 2.23. The van der Waals surface area contributed by atoms with Crippen LogP contribution in [0.5, 0.6) is 0 Å². The standard InChI is InChI=1S/C13H26N4O2/c1-10(13(19)14-2)15-11-5-7-17(8-6-11)9-12(18)16(3)4/h10-11,15H,5-9H2,1-4H3,(H,14,19). The minimum Gasteiger partial charge on any atom is -0.358 e. The molecule has 0 aromatic heterocycles. The monoisotopic (exact) mass is 270 g/mol. The lowest BCUT2D eigenvalue weighted by Gasteiger charge is -2.33. The van der Waals surface area contributed by atoms with Gasteiger partial charge in [0.2, 0.25) is 11.8 Å². The van der Waals surface area contributed by atoms with Crippen molar-refractivity contribution in [3.63, 3.8) is 0 Å². The topological polar surface area (TPSA) is 64.7 Å². The molecule has 110 valence electrons. The predicted octanol–water partition coefficient (Wildman–Crippen LogP) is -0.737. The maximum atomic E-state index is 11.6. The molecule has 1 saturated heterocycles. The van der Waals surface area contributed by atoms with Crippen LogP contribution < -0.4 is 10.6 Å². The molecule has 0 radical (unpaired) electrons. The zero-order valence-electron chi connectivity index (χ0n) is 12.4. The van der Waals surface area contributed by atoms with E-state index in [0.717, 1.165) is 25.9 Å². The fraction of sp³-hybridized carbons (Fsp3) is 0.846. The summed E-state index contributed by atoms with van der Waals surface area (Å²) < 4.78 is 0. The average Bonchev–Trinajstić information content (AvgIpc) is 2.39. The lowest BCUT2D eigenvalue weighted by atomic mass is 10.0. The van der Waals surface area contributed by atoms with Crippen molar-refractivity contribution in [1.82, 2.24) is 20.4 Å². The number of piperidine rings is 1. The average molecular weight is 270 g/mol. The van der Waals surface area contributed by atoms with E-state index in [2.05, 4.69) is 15.5 Å². The van der Waals surface area contributed by atoms with Gasteiger partial charge >= 0.3 is 0 Å². The molecule has 1 aliphatic heterocycles. The van der Waals surface area contributed by atoms with E-state index in [1.54, 1.807) is 26.0 Å². The van der Waals surface area contributed by atoms with Crippen molar-refractivity contribution < 1.29 is 9.59 Å². The first-order valence-corrected chi connectivity index (χ1v) is 6.84. The van der Waals surface area contributed by atoms with E-state index in [4.69, 9.17) is 0 Å². The van der Waals surface area contributed by atoms with Crippen molar-refractivity contribution >= 4 is 11.8 Å². The maximum absolute atomic E-state index is 11.6. The third-order valence-corrected chi connectivity index (χ3v) is 3.57. The van der Waals surface area contributed by atoms with Gasteiger partial charge in [-0.3, -0.25) is 14.5 Å². The van der Waals surface area contributed by atoms with Gasteiger partial charge in [0, 0.05) is 40.3 Å². The Morgan fingerprint density at radius 3 is 2.37 bits per heavy atom. The normalized spacial score (nSPS) is 18.9. The van der Waals surface area contributed by atoms with Crippen LogP contribution in [0.2, 0.25) is 0 Å². The molecule has 1 rings (SSSR count). The number of carbonyl (C=O) groups is 2. The summed E-state index contributed by atoms with van der Waals surface area (Å²) in [5.41, 5.74) is 0. The van der Waals surface area contributed by atoms with E-state index >= 15 is 0 Å². The molecule has 0 aromatic rings. The van der Waals surface area contributed by atoms with Gasteiger partial charge in [0.15, 0.2) is 0 Å². The number of hydrogen-bond acceptors (Lipinski definition) is 4. The van der Waals surface area contributed by atoms with Crippen molar-refractivity contribution in [2.75, 3.05) is 40.8 Å². The molecule has 1 unspecified atom stereocenters. The summed E-state index contributed by atoms with van der Waals surface area (Å²) in [6.07, 6.45) is 1.95. The fourth-order valence-electron chi connectivity index (χ4n) is 2.24. The van der Waals surface area contributed by atoms with E-state index in [1.165, 1.54) is 0 Å². The third-order valence-electron chi connectivity index (χ3n) is 3.57. The predicted molar refractivity (Wildman–Crippen MR) is 74.8 cm³/mol. The molecule has 2 amide bonds. The van der Waals surface area contributed by atoms with Crippen LogP contribution in [0, 0.1) is 0 Å². The molecular formula is C13H26N4O2. The quantitative estimate of drug-likeness (QED) is 0.691. The SMILES string of the molecule is CNC(=O)C(C)NC1CCN(CC(=O)N(C)C)CC1. The number of likely N-dealkylation sites (tertiary alicyclic amines) is 1. The van der Waals surface area contributed by atoms with E-state index in [-0.39, 0.29) is 17.9 Å². The molecule has 0 aliphatic carbocycles. The number of nitrogens with zero attached hydrogens (tertiary/aromatic N) is 2. The van der Waals surface area contributed by atoms with E-state index in [1.807, 2.05) is 6.92 Å². The minimum atomic E-state index is -0.162. The Labute approximate surface area is 115 Å². The number of likely N-dealkylation sites (N-methyl/N-ethyl adjacent to an activating group) is 2. The van der Waals surface area contributed by atoms with Crippen molar-refractivity contribution in [3.8, 4) is 0 Å². The second kappa shape index (κ2) is 7.45. The number of nitrogens with one attached hydrogen (secondary N) is 2. The van der Waals surface area contributed by atoms with E-state index in [9.17, 15) is 9.59 Å². The largest absolute Gasteiger partial charge is 0.358 e. The highest BCUT2D eigenvalue weighted by atomic mass is 16.2. The van der Waals surface area contributed by atoms with Gasteiger partial charge in [0.05, 0.1) is 12.6 Å². The number of carbonyl (C=O) groups excluding carboxylic acids is 2. The van der Waals surface area contributed by atoms with Gasteiger partial charge < -0.3 is 15.5 Å². The van der Waals surface area contributed by atoms with Gasteiger partial charge in [-0.1, -0.05) is 0 Å². The lowest BCUT2D eigenvalue weighted by molar-refractivity contribution is -0.130.